The third-order valence-electron chi connectivity index (χ3n) is 3.81. The Balaban J connectivity index is 1.77. The molecule has 1 fully saturated rings. The second-order valence-electron chi connectivity index (χ2n) is 5.12. The summed E-state index contributed by atoms with van der Waals surface area (Å²) in [6.45, 7) is 1.80. The lowest BCUT2D eigenvalue weighted by Crippen LogP contribution is -2.24. The minimum atomic E-state index is 0.381. The van der Waals surface area contributed by atoms with Gasteiger partial charge in [-0.3, -0.25) is 0 Å². The monoisotopic (exact) mass is 226 g/mol. The molecule has 0 heterocycles. The first-order valence-corrected chi connectivity index (χ1v) is 6.24. The number of nitrogens with two attached hydrogens (primary N) is 1. The topological polar surface area (TPSA) is 38.0 Å². The Morgan fingerprint density at radius 3 is 2.53 bits per heavy atom. The van der Waals surface area contributed by atoms with Crippen molar-refractivity contribution in [3.05, 3.63) is 42.5 Å². The van der Waals surface area contributed by atoms with Crippen LogP contribution in [0.2, 0.25) is 0 Å². The van der Waals surface area contributed by atoms with Crippen LogP contribution in [0, 0.1) is 5.41 Å². The highest BCUT2D eigenvalue weighted by molar-refractivity contribution is 5.85. The number of anilines is 1. The molecule has 2 aromatic rings. The van der Waals surface area contributed by atoms with Crippen molar-refractivity contribution in [1.82, 2.24) is 0 Å². The van der Waals surface area contributed by atoms with Crippen molar-refractivity contribution in [2.24, 2.45) is 11.1 Å². The summed E-state index contributed by atoms with van der Waals surface area (Å²) in [7, 11) is 0. The predicted octanol–water partition coefficient (Wildman–Crippen LogP) is 2.99. The van der Waals surface area contributed by atoms with E-state index < -0.39 is 0 Å². The van der Waals surface area contributed by atoms with Crippen molar-refractivity contribution >= 4 is 16.5 Å². The molecule has 2 aromatic carbocycles. The summed E-state index contributed by atoms with van der Waals surface area (Å²) in [5, 5.41) is 6.09. The van der Waals surface area contributed by atoms with Gasteiger partial charge in [-0.1, -0.05) is 30.3 Å². The quantitative estimate of drug-likeness (QED) is 0.841. The van der Waals surface area contributed by atoms with E-state index in [1.54, 1.807) is 0 Å². The zero-order valence-corrected chi connectivity index (χ0v) is 9.95. The molecule has 0 saturated heterocycles. The van der Waals surface area contributed by atoms with Crippen molar-refractivity contribution in [1.29, 1.82) is 0 Å². The van der Waals surface area contributed by atoms with Crippen LogP contribution in [0.15, 0.2) is 42.5 Å². The SMILES string of the molecule is NCC1(CNc2ccc3ccccc3c2)CC1. The van der Waals surface area contributed by atoms with Gasteiger partial charge in [0, 0.05) is 12.2 Å². The second-order valence-corrected chi connectivity index (χ2v) is 5.12. The van der Waals surface area contributed by atoms with Gasteiger partial charge in [-0.2, -0.15) is 0 Å². The molecule has 1 aliphatic carbocycles. The minimum absolute atomic E-state index is 0.381. The molecule has 2 nitrogen and oxygen atoms in total. The van der Waals surface area contributed by atoms with E-state index in [4.69, 9.17) is 5.73 Å². The van der Waals surface area contributed by atoms with Gasteiger partial charge in [0.25, 0.3) is 0 Å². The highest BCUT2D eigenvalue weighted by Gasteiger charge is 2.40. The Bertz CT molecular complexity index is 529. The molecule has 3 N–H and O–H groups in total. The molecule has 0 amide bonds. The molecule has 0 unspecified atom stereocenters. The van der Waals surface area contributed by atoms with Crippen molar-refractivity contribution < 1.29 is 0 Å². The molecule has 0 aromatic heterocycles. The van der Waals surface area contributed by atoms with Crippen LogP contribution in [0.3, 0.4) is 0 Å². The van der Waals surface area contributed by atoms with Gasteiger partial charge >= 0.3 is 0 Å². The molecule has 0 aliphatic heterocycles. The average Bonchev–Trinajstić information content (AvgIpc) is 3.17. The molecule has 1 aliphatic rings. The smallest absolute Gasteiger partial charge is 0.0346 e. The van der Waals surface area contributed by atoms with Crippen LogP contribution in [0.5, 0.6) is 0 Å². The maximum absolute atomic E-state index is 5.78. The molecule has 0 atom stereocenters. The first-order valence-electron chi connectivity index (χ1n) is 6.24. The van der Waals surface area contributed by atoms with Crippen LogP contribution in [-0.4, -0.2) is 13.1 Å². The van der Waals surface area contributed by atoms with Crippen molar-refractivity contribution in [3.8, 4) is 0 Å². The van der Waals surface area contributed by atoms with Crippen LogP contribution in [0.25, 0.3) is 10.8 Å². The van der Waals surface area contributed by atoms with E-state index in [0.29, 0.717) is 5.41 Å². The van der Waals surface area contributed by atoms with Gasteiger partial charge in [-0.05, 0) is 47.7 Å². The third-order valence-corrected chi connectivity index (χ3v) is 3.81. The van der Waals surface area contributed by atoms with E-state index >= 15 is 0 Å². The molecule has 3 rings (SSSR count). The molecule has 88 valence electrons. The lowest BCUT2D eigenvalue weighted by Gasteiger charge is -2.14. The van der Waals surface area contributed by atoms with Gasteiger partial charge in [-0.25, -0.2) is 0 Å². The first-order chi connectivity index (χ1) is 8.31. The number of fused-ring (bicyclic) bond motifs is 1. The third kappa shape index (κ3) is 2.13. The van der Waals surface area contributed by atoms with Crippen LogP contribution in [0.4, 0.5) is 5.69 Å². The number of hydrogen-bond donors (Lipinski definition) is 2. The van der Waals surface area contributed by atoms with Crippen LogP contribution in [0.1, 0.15) is 12.8 Å². The lowest BCUT2D eigenvalue weighted by atomic mass is 10.1. The maximum atomic E-state index is 5.78. The Labute approximate surface area is 102 Å². The highest BCUT2D eigenvalue weighted by Crippen LogP contribution is 2.44. The normalized spacial score (nSPS) is 17.0. The Kier molecular flexibility index (Phi) is 2.52. The fraction of sp³-hybridized carbons (Fsp3) is 0.333. The summed E-state index contributed by atoms with van der Waals surface area (Å²) in [6.07, 6.45) is 2.54. The summed E-state index contributed by atoms with van der Waals surface area (Å²) in [5.74, 6) is 0. The van der Waals surface area contributed by atoms with E-state index in [-0.39, 0.29) is 0 Å². The van der Waals surface area contributed by atoms with Gasteiger partial charge in [0.15, 0.2) is 0 Å². The van der Waals surface area contributed by atoms with Gasteiger partial charge in [0.05, 0.1) is 0 Å². The van der Waals surface area contributed by atoms with E-state index in [2.05, 4.69) is 47.8 Å². The molecule has 0 bridgehead atoms. The van der Waals surface area contributed by atoms with Gasteiger partial charge in [0.1, 0.15) is 0 Å². The van der Waals surface area contributed by atoms with E-state index in [1.807, 2.05) is 0 Å². The summed E-state index contributed by atoms with van der Waals surface area (Å²) in [5.41, 5.74) is 7.36. The maximum Gasteiger partial charge on any atom is 0.0346 e. The zero-order chi connectivity index (χ0) is 11.7. The summed E-state index contributed by atoms with van der Waals surface area (Å²) >= 11 is 0. The Morgan fingerprint density at radius 1 is 1.06 bits per heavy atom. The van der Waals surface area contributed by atoms with Crippen LogP contribution >= 0.6 is 0 Å². The van der Waals surface area contributed by atoms with Gasteiger partial charge < -0.3 is 11.1 Å². The minimum Gasteiger partial charge on any atom is -0.384 e. The van der Waals surface area contributed by atoms with E-state index in [9.17, 15) is 0 Å². The highest BCUT2D eigenvalue weighted by atomic mass is 14.9. The van der Waals surface area contributed by atoms with Gasteiger partial charge in [0.2, 0.25) is 0 Å². The average molecular weight is 226 g/mol. The zero-order valence-electron chi connectivity index (χ0n) is 9.95. The first kappa shape index (κ1) is 10.6. The fourth-order valence-corrected chi connectivity index (χ4v) is 2.22. The molecule has 0 radical (unpaired) electrons. The molecule has 2 heteroatoms. The summed E-state index contributed by atoms with van der Waals surface area (Å²) in [4.78, 5) is 0. The molecular formula is C15H18N2. The van der Waals surface area contributed by atoms with E-state index in [1.165, 1.54) is 29.3 Å². The number of rotatable bonds is 4. The Morgan fingerprint density at radius 2 is 1.82 bits per heavy atom. The molecule has 0 spiro atoms. The molecular weight excluding hydrogens is 208 g/mol. The van der Waals surface area contributed by atoms with Crippen LogP contribution < -0.4 is 11.1 Å². The Hall–Kier alpha value is -1.54. The second kappa shape index (κ2) is 4.04. The summed E-state index contributed by atoms with van der Waals surface area (Å²) < 4.78 is 0. The van der Waals surface area contributed by atoms with Gasteiger partial charge in [-0.15, -0.1) is 0 Å². The standard InChI is InChI=1S/C15H18N2/c16-10-15(7-8-15)11-17-14-6-5-12-3-1-2-4-13(12)9-14/h1-6,9,17H,7-8,10-11,16H2. The van der Waals surface area contributed by atoms with E-state index in [0.717, 1.165) is 13.1 Å². The summed E-state index contributed by atoms with van der Waals surface area (Å²) in [6, 6.07) is 15.0. The predicted molar refractivity (Wildman–Crippen MR) is 73.2 cm³/mol. The lowest BCUT2D eigenvalue weighted by molar-refractivity contribution is 0.556. The number of benzene rings is 2. The largest absolute Gasteiger partial charge is 0.384 e. The van der Waals surface area contributed by atoms with Crippen molar-refractivity contribution in [2.45, 2.75) is 12.8 Å². The van der Waals surface area contributed by atoms with Crippen LogP contribution in [-0.2, 0) is 0 Å². The molecule has 1 saturated carbocycles. The van der Waals surface area contributed by atoms with Crippen molar-refractivity contribution in [2.75, 3.05) is 18.4 Å². The van der Waals surface area contributed by atoms with Crippen molar-refractivity contribution in [3.63, 3.8) is 0 Å². The number of hydrogen-bond acceptors (Lipinski definition) is 2. The fourth-order valence-electron chi connectivity index (χ4n) is 2.22. The molecule has 17 heavy (non-hydrogen) atoms. The number of nitrogens with one attached hydrogen (secondary N) is 1.